The fourth-order valence-electron chi connectivity index (χ4n) is 3.95. The van der Waals surface area contributed by atoms with Crippen LogP contribution < -0.4 is 14.9 Å². The van der Waals surface area contributed by atoms with E-state index in [1.165, 1.54) is 12.3 Å². The van der Waals surface area contributed by atoms with E-state index in [9.17, 15) is 19.1 Å². The zero-order valence-corrected chi connectivity index (χ0v) is 20.1. The van der Waals surface area contributed by atoms with E-state index >= 15 is 0 Å². The van der Waals surface area contributed by atoms with Crippen LogP contribution in [0.25, 0.3) is 10.9 Å². The van der Waals surface area contributed by atoms with Gasteiger partial charge in [-0.3, -0.25) is 4.79 Å². The van der Waals surface area contributed by atoms with Crippen LogP contribution in [0.4, 0.5) is 9.18 Å². The molecule has 1 heterocycles. The minimum Gasteiger partial charge on any atom is -0.492 e. The smallest absolute Gasteiger partial charge is 0.492 e. The minimum atomic E-state index is -1.64. The quantitative estimate of drug-likeness (QED) is 0.428. The molecule has 0 aliphatic heterocycles. The number of benzene rings is 2. The molecule has 7 nitrogen and oxygen atoms in total. The van der Waals surface area contributed by atoms with E-state index in [1.54, 1.807) is 35.8 Å². The summed E-state index contributed by atoms with van der Waals surface area (Å²) in [6.45, 7) is 7.51. The van der Waals surface area contributed by atoms with Crippen molar-refractivity contribution in [2.75, 3.05) is 13.2 Å². The van der Waals surface area contributed by atoms with Crippen molar-refractivity contribution in [3.63, 3.8) is 0 Å². The lowest BCUT2D eigenvalue weighted by molar-refractivity contribution is 0.135. The first-order valence-electron chi connectivity index (χ1n) is 10.8. The van der Waals surface area contributed by atoms with E-state index in [4.69, 9.17) is 26.2 Å². The normalized spacial score (nSPS) is 12.6. The Bertz CT molecular complexity index is 1280. The number of nitrogens with zero attached hydrogens (tertiary/aromatic N) is 1. The lowest BCUT2D eigenvalue weighted by Gasteiger charge is -2.33. The Balaban J connectivity index is 2.36. The fourth-order valence-corrected chi connectivity index (χ4v) is 4.14. The molecule has 3 aromatic rings. The van der Waals surface area contributed by atoms with Crippen molar-refractivity contribution in [1.82, 2.24) is 4.57 Å². The highest BCUT2D eigenvalue weighted by atomic mass is 35.5. The summed E-state index contributed by atoms with van der Waals surface area (Å²) < 4.78 is 26.8. The van der Waals surface area contributed by atoms with Crippen LogP contribution in [0.2, 0.25) is 5.02 Å². The summed E-state index contributed by atoms with van der Waals surface area (Å²) in [6.07, 6.45) is -0.236. The van der Waals surface area contributed by atoms with Gasteiger partial charge in [0, 0.05) is 6.42 Å². The molecule has 0 aliphatic rings. The van der Waals surface area contributed by atoms with Crippen molar-refractivity contribution in [2.24, 2.45) is 5.41 Å². The van der Waals surface area contributed by atoms with Gasteiger partial charge in [0.2, 0.25) is 5.43 Å². The largest absolute Gasteiger partial charge is 0.511 e. The van der Waals surface area contributed by atoms with Crippen LogP contribution in [0, 0.1) is 11.2 Å². The number of halogens is 2. The summed E-state index contributed by atoms with van der Waals surface area (Å²) >= 11 is 5.92. The highest BCUT2D eigenvalue weighted by Crippen LogP contribution is 2.37. The molecular weight excluding hydrogens is 465 g/mol. The minimum absolute atomic E-state index is 0.0150. The second kappa shape index (κ2) is 10.0. The van der Waals surface area contributed by atoms with E-state index in [-0.39, 0.29) is 30.0 Å². The van der Waals surface area contributed by atoms with Crippen LogP contribution in [0.1, 0.15) is 44.9 Å². The lowest BCUT2D eigenvalue weighted by Crippen LogP contribution is -2.29. The van der Waals surface area contributed by atoms with Crippen LogP contribution >= 0.6 is 11.6 Å². The van der Waals surface area contributed by atoms with Crippen molar-refractivity contribution in [1.29, 1.82) is 0 Å². The molecule has 0 saturated heterocycles. The first kappa shape index (κ1) is 25.5. The predicted octanol–water partition coefficient (Wildman–Crippen LogP) is 5.42. The van der Waals surface area contributed by atoms with Gasteiger partial charge in [-0.05, 0) is 41.7 Å². The van der Waals surface area contributed by atoms with Gasteiger partial charge < -0.3 is 24.3 Å². The van der Waals surface area contributed by atoms with E-state index in [2.05, 4.69) is 0 Å². The molecule has 3 rings (SSSR count). The zero-order valence-electron chi connectivity index (χ0n) is 19.4. The first-order chi connectivity index (χ1) is 16.0. The Hall–Kier alpha value is -3.10. The van der Waals surface area contributed by atoms with Gasteiger partial charge in [0.1, 0.15) is 11.6 Å². The Morgan fingerprint density at radius 3 is 2.53 bits per heavy atom. The molecule has 0 aliphatic carbocycles. The molecule has 2 aromatic carbocycles. The number of carbonyl (C=O) groups is 1. The monoisotopic (exact) mass is 491 g/mol. The average Bonchev–Trinajstić information content (AvgIpc) is 2.74. The number of fused-ring (bicyclic) bond motifs is 1. The summed E-state index contributed by atoms with van der Waals surface area (Å²) in [5.74, 6) is -0.619. The highest BCUT2D eigenvalue weighted by Gasteiger charge is 2.29. The van der Waals surface area contributed by atoms with Gasteiger partial charge in [0.25, 0.3) is 0 Å². The second-order valence-corrected chi connectivity index (χ2v) is 9.38. The number of aromatic nitrogens is 1. The summed E-state index contributed by atoms with van der Waals surface area (Å²) in [4.78, 5) is 24.5. The van der Waals surface area contributed by atoms with Gasteiger partial charge in [0.15, 0.2) is 5.75 Å². The molecule has 0 radical (unpaired) electrons. The zero-order chi connectivity index (χ0) is 25.2. The molecule has 0 bridgehead atoms. The number of aliphatic hydroxyl groups excluding tert-OH is 1. The third kappa shape index (κ3) is 5.18. The summed E-state index contributed by atoms with van der Waals surface area (Å²) in [5, 5.41) is 19.5. The van der Waals surface area contributed by atoms with Crippen LogP contribution in [-0.4, -0.2) is 34.1 Å². The van der Waals surface area contributed by atoms with Gasteiger partial charge in [-0.15, -0.1) is 0 Å². The molecule has 182 valence electrons. The summed E-state index contributed by atoms with van der Waals surface area (Å²) in [6, 6.07) is 7.39. The van der Waals surface area contributed by atoms with Crippen LogP contribution in [0.5, 0.6) is 11.5 Å². The SMILES string of the molecule is CCOc1cc(Cc2cccc(Cl)c2F)cc2c(=O)c(OC(=O)O)cn([C@H](CO)C(C)(C)C)c12. The Morgan fingerprint density at radius 1 is 1.24 bits per heavy atom. The van der Waals surface area contributed by atoms with Crippen molar-refractivity contribution in [2.45, 2.75) is 40.2 Å². The lowest BCUT2D eigenvalue weighted by atomic mass is 9.86. The maximum Gasteiger partial charge on any atom is 0.511 e. The van der Waals surface area contributed by atoms with E-state index in [1.807, 2.05) is 20.8 Å². The van der Waals surface area contributed by atoms with Crippen LogP contribution in [0.3, 0.4) is 0 Å². The third-order valence-electron chi connectivity index (χ3n) is 5.55. The van der Waals surface area contributed by atoms with E-state index in [0.717, 1.165) is 0 Å². The Kier molecular flexibility index (Phi) is 7.53. The number of pyridine rings is 1. The maximum absolute atomic E-state index is 14.5. The van der Waals surface area contributed by atoms with E-state index < -0.39 is 34.6 Å². The molecule has 2 N–H and O–H groups in total. The molecule has 1 atom stereocenters. The molecule has 0 amide bonds. The number of carboxylic acid groups (broad SMARTS) is 1. The van der Waals surface area contributed by atoms with Gasteiger partial charge >= 0.3 is 6.16 Å². The molecular formula is C25H27ClFNO6. The fraction of sp³-hybridized carbons (Fsp3) is 0.360. The number of ether oxygens (including phenoxy) is 2. The number of aliphatic hydroxyl groups is 1. The van der Waals surface area contributed by atoms with Gasteiger partial charge in [0.05, 0.1) is 41.4 Å². The Morgan fingerprint density at radius 2 is 1.94 bits per heavy atom. The van der Waals surface area contributed by atoms with Crippen molar-refractivity contribution >= 4 is 28.7 Å². The first-order valence-corrected chi connectivity index (χ1v) is 11.1. The highest BCUT2D eigenvalue weighted by molar-refractivity contribution is 6.30. The molecule has 0 fully saturated rings. The molecule has 9 heteroatoms. The third-order valence-corrected chi connectivity index (χ3v) is 5.84. The topological polar surface area (TPSA) is 98.0 Å². The Labute approximate surface area is 201 Å². The standard InChI is InChI=1S/C25H27ClFNO6/c1-5-33-18-11-14(9-15-7-6-8-17(26)21(15)27)10-16-22(18)28(20(13-29)25(2,3)4)12-19(23(16)30)34-24(31)32/h6-8,10-12,20,29H,5,9,13H2,1-4H3,(H,31,32)/t20-/m1/s1. The summed E-state index contributed by atoms with van der Waals surface area (Å²) in [5.41, 5.74) is 0.145. The maximum atomic E-state index is 14.5. The molecule has 0 saturated carbocycles. The molecule has 0 spiro atoms. The van der Waals surface area contributed by atoms with Crippen LogP contribution in [0.15, 0.2) is 41.3 Å². The molecule has 0 unspecified atom stereocenters. The molecule has 1 aromatic heterocycles. The predicted molar refractivity (Wildman–Crippen MR) is 128 cm³/mol. The van der Waals surface area contributed by atoms with E-state index in [0.29, 0.717) is 22.4 Å². The van der Waals surface area contributed by atoms with Crippen molar-refractivity contribution in [3.8, 4) is 11.5 Å². The number of hydrogen-bond acceptors (Lipinski definition) is 5. The van der Waals surface area contributed by atoms with Gasteiger partial charge in [-0.1, -0.05) is 44.5 Å². The van der Waals surface area contributed by atoms with Crippen LogP contribution in [-0.2, 0) is 6.42 Å². The van der Waals surface area contributed by atoms with Gasteiger partial charge in [-0.2, -0.15) is 0 Å². The number of hydrogen-bond donors (Lipinski definition) is 2. The number of rotatable bonds is 7. The van der Waals surface area contributed by atoms with Crippen molar-refractivity contribution < 1.29 is 28.9 Å². The summed E-state index contributed by atoms with van der Waals surface area (Å²) in [7, 11) is 0. The second-order valence-electron chi connectivity index (χ2n) is 8.97. The van der Waals surface area contributed by atoms with Gasteiger partial charge in [-0.25, -0.2) is 9.18 Å². The molecule has 34 heavy (non-hydrogen) atoms. The average molecular weight is 492 g/mol. The van der Waals surface area contributed by atoms with Crippen molar-refractivity contribution in [3.05, 3.63) is 68.7 Å².